The highest BCUT2D eigenvalue weighted by Gasteiger charge is 2.32. The lowest BCUT2D eigenvalue weighted by atomic mass is 9.96. The Morgan fingerprint density at radius 1 is 1.24 bits per heavy atom. The minimum Gasteiger partial charge on any atom is -0.326 e. The van der Waals surface area contributed by atoms with E-state index >= 15 is 0 Å². The first-order chi connectivity index (χ1) is 8.13. The quantitative estimate of drug-likeness (QED) is 0.785. The molecule has 4 nitrogen and oxygen atoms in total. The number of amides is 2. The van der Waals surface area contributed by atoms with Gasteiger partial charge in [0.1, 0.15) is 0 Å². The van der Waals surface area contributed by atoms with Crippen LogP contribution in [0.2, 0.25) is 0 Å². The number of benzene rings is 1. The van der Waals surface area contributed by atoms with Crippen molar-refractivity contribution in [1.29, 1.82) is 0 Å². The molecule has 1 aromatic carbocycles. The molecule has 0 bridgehead atoms. The fraction of sp³-hybridized carbons (Fsp3) is 0.385. The zero-order chi connectivity index (χ0) is 12.4. The normalized spacial score (nSPS) is 17.6. The van der Waals surface area contributed by atoms with Crippen molar-refractivity contribution in [3.05, 3.63) is 29.8 Å². The smallest absolute Gasteiger partial charge is 0.234 e. The summed E-state index contributed by atoms with van der Waals surface area (Å²) < 4.78 is 0. The molecule has 90 valence electrons. The molecule has 0 saturated carbocycles. The molecule has 2 amide bonds. The van der Waals surface area contributed by atoms with Gasteiger partial charge in [-0.3, -0.25) is 14.5 Å². The summed E-state index contributed by atoms with van der Waals surface area (Å²) in [6.45, 7) is 2.24. The van der Waals surface area contributed by atoms with Gasteiger partial charge in [0.2, 0.25) is 11.8 Å². The van der Waals surface area contributed by atoms with Gasteiger partial charge in [-0.05, 0) is 17.5 Å². The predicted molar refractivity (Wildman–Crippen MR) is 65.2 cm³/mol. The molecule has 1 heterocycles. The Balaban J connectivity index is 2.38. The first kappa shape index (κ1) is 11.8. The number of rotatable bonds is 2. The Kier molecular flexibility index (Phi) is 3.24. The topological polar surface area (TPSA) is 63.4 Å². The third-order valence-electron chi connectivity index (χ3n) is 3.00. The summed E-state index contributed by atoms with van der Waals surface area (Å²) in [6, 6.07) is 7.28. The highest BCUT2D eigenvalue weighted by molar-refractivity contribution is 6.16. The standard InChI is InChI=1S/C13H16N2O2/c1-9-6-12(16)15(13(17)7-9)11-5-3-2-4-10(11)8-14/h2-5,9H,6-8,14H2,1H3. The van der Waals surface area contributed by atoms with Crippen LogP contribution in [0.1, 0.15) is 25.3 Å². The van der Waals surface area contributed by atoms with Crippen LogP contribution >= 0.6 is 0 Å². The number of nitrogens with zero attached hydrogens (tertiary/aromatic N) is 1. The number of carbonyl (C=O) groups is 2. The number of hydrogen-bond acceptors (Lipinski definition) is 3. The first-order valence-corrected chi connectivity index (χ1v) is 5.77. The van der Waals surface area contributed by atoms with Crippen molar-refractivity contribution in [3.8, 4) is 0 Å². The van der Waals surface area contributed by atoms with Gasteiger partial charge in [-0.15, -0.1) is 0 Å². The van der Waals surface area contributed by atoms with Crippen LogP contribution in [-0.2, 0) is 16.1 Å². The first-order valence-electron chi connectivity index (χ1n) is 5.77. The maximum Gasteiger partial charge on any atom is 0.234 e. The summed E-state index contributed by atoms with van der Waals surface area (Å²) in [4.78, 5) is 25.2. The largest absolute Gasteiger partial charge is 0.326 e. The third kappa shape index (κ3) is 2.22. The van der Waals surface area contributed by atoms with Crippen molar-refractivity contribution in [2.45, 2.75) is 26.3 Å². The van der Waals surface area contributed by atoms with Crippen LogP contribution in [0.5, 0.6) is 0 Å². The second-order valence-corrected chi connectivity index (χ2v) is 4.47. The average molecular weight is 232 g/mol. The van der Waals surface area contributed by atoms with E-state index in [9.17, 15) is 9.59 Å². The molecule has 2 rings (SSSR count). The van der Waals surface area contributed by atoms with Crippen LogP contribution in [0.3, 0.4) is 0 Å². The zero-order valence-corrected chi connectivity index (χ0v) is 9.85. The van der Waals surface area contributed by atoms with Gasteiger partial charge in [0.15, 0.2) is 0 Å². The fourth-order valence-corrected chi connectivity index (χ4v) is 2.16. The molecule has 0 radical (unpaired) electrons. The number of piperidine rings is 1. The lowest BCUT2D eigenvalue weighted by Crippen LogP contribution is -2.43. The monoisotopic (exact) mass is 232 g/mol. The Hall–Kier alpha value is -1.68. The van der Waals surface area contributed by atoms with E-state index in [1.54, 1.807) is 6.07 Å². The van der Waals surface area contributed by atoms with Gasteiger partial charge in [-0.1, -0.05) is 25.1 Å². The van der Waals surface area contributed by atoms with E-state index in [4.69, 9.17) is 5.73 Å². The number of nitrogens with two attached hydrogens (primary N) is 1. The van der Waals surface area contributed by atoms with Crippen LogP contribution in [0.4, 0.5) is 5.69 Å². The summed E-state index contributed by atoms with van der Waals surface area (Å²) in [5.74, 6) is -0.124. The minimum absolute atomic E-state index is 0.130. The number of anilines is 1. The van der Waals surface area contributed by atoms with Crippen molar-refractivity contribution < 1.29 is 9.59 Å². The molecular formula is C13H16N2O2. The van der Waals surface area contributed by atoms with Crippen molar-refractivity contribution in [1.82, 2.24) is 0 Å². The molecule has 0 aromatic heterocycles. The third-order valence-corrected chi connectivity index (χ3v) is 3.00. The van der Waals surface area contributed by atoms with Crippen molar-refractivity contribution in [3.63, 3.8) is 0 Å². The van der Waals surface area contributed by atoms with E-state index in [-0.39, 0.29) is 17.7 Å². The van der Waals surface area contributed by atoms with Crippen molar-refractivity contribution in [2.75, 3.05) is 4.90 Å². The van der Waals surface area contributed by atoms with Crippen LogP contribution in [0.15, 0.2) is 24.3 Å². The van der Waals surface area contributed by atoms with Crippen LogP contribution in [0, 0.1) is 5.92 Å². The molecule has 1 aliphatic heterocycles. The summed E-state index contributed by atoms with van der Waals surface area (Å²) >= 11 is 0. The zero-order valence-electron chi connectivity index (χ0n) is 9.85. The molecule has 0 unspecified atom stereocenters. The highest BCUT2D eigenvalue weighted by Crippen LogP contribution is 2.27. The fourth-order valence-electron chi connectivity index (χ4n) is 2.16. The van der Waals surface area contributed by atoms with E-state index < -0.39 is 0 Å². The summed E-state index contributed by atoms with van der Waals surface area (Å²) in [5, 5.41) is 0. The number of imide groups is 1. The van der Waals surface area contributed by atoms with E-state index in [1.807, 2.05) is 25.1 Å². The number of para-hydroxylation sites is 1. The van der Waals surface area contributed by atoms with Crippen molar-refractivity contribution >= 4 is 17.5 Å². The molecule has 0 aliphatic carbocycles. The lowest BCUT2D eigenvalue weighted by molar-refractivity contribution is -0.130. The average Bonchev–Trinajstić information content (AvgIpc) is 2.28. The maximum absolute atomic E-state index is 11.9. The summed E-state index contributed by atoms with van der Waals surface area (Å²) in [6.07, 6.45) is 0.843. The van der Waals surface area contributed by atoms with Gasteiger partial charge in [-0.25, -0.2) is 0 Å². The molecule has 1 aromatic rings. The molecule has 1 fully saturated rings. The minimum atomic E-state index is -0.130. The molecule has 1 aliphatic rings. The predicted octanol–water partition coefficient (Wildman–Crippen LogP) is 1.43. The second-order valence-electron chi connectivity index (χ2n) is 4.47. The highest BCUT2D eigenvalue weighted by atomic mass is 16.2. The van der Waals surface area contributed by atoms with Crippen LogP contribution < -0.4 is 10.6 Å². The van der Waals surface area contributed by atoms with Crippen LogP contribution in [0.25, 0.3) is 0 Å². The Morgan fingerprint density at radius 3 is 2.41 bits per heavy atom. The molecule has 0 spiro atoms. The summed E-state index contributed by atoms with van der Waals surface area (Å²) in [5.41, 5.74) is 7.09. The Labute approximate surface area is 100 Å². The Morgan fingerprint density at radius 2 is 1.82 bits per heavy atom. The van der Waals surface area contributed by atoms with E-state index in [0.717, 1.165) is 5.56 Å². The van der Waals surface area contributed by atoms with Crippen molar-refractivity contribution in [2.24, 2.45) is 11.7 Å². The lowest BCUT2D eigenvalue weighted by Gasteiger charge is -2.29. The SMILES string of the molecule is CC1CC(=O)N(c2ccccc2CN)C(=O)C1. The van der Waals surface area contributed by atoms with Crippen LogP contribution in [-0.4, -0.2) is 11.8 Å². The van der Waals surface area contributed by atoms with Gasteiger partial charge in [-0.2, -0.15) is 0 Å². The van der Waals surface area contributed by atoms with Gasteiger partial charge in [0.25, 0.3) is 0 Å². The molecule has 2 N–H and O–H groups in total. The van der Waals surface area contributed by atoms with Gasteiger partial charge < -0.3 is 5.73 Å². The maximum atomic E-state index is 11.9. The van der Waals surface area contributed by atoms with E-state index in [2.05, 4.69) is 0 Å². The molecule has 17 heavy (non-hydrogen) atoms. The number of carbonyl (C=O) groups excluding carboxylic acids is 2. The molecule has 4 heteroatoms. The van der Waals surface area contributed by atoms with Gasteiger partial charge >= 0.3 is 0 Å². The van der Waals surface area contributed by atoms with E-state index in [0.29, 0.717) is 25.1 Å². The molecule has 1 saturated heterocycles. The second kappa shape index (κ2) is 4.67. The molecule has 0 atom stereocenters. The molecular weight excluding hydrogens is 216 g/mol. The Bertz CT molecular complexity index is 438. The van der Waals surface area contributed by atoms with E-state index in [1.165, 1.54) is 4.90 Å². The summed E-state index contributed by atoms with van der Waals surface area (Å²) in [7, 11) is 0. The van der Waals surface area contributed by atoms with Gasteiger partial charge in [0.05, 0.1) is 5.69 Å². The number of hydrogen-bond donors (Lipinski definition) is 1. The van der Waals surface area contributed by atoms with Gasteiger partial charge in [0, 0.05) is 19.4 Å².